The van der Waals surface area contributed by atoms with Crippen LogP contribution in [0.25, 0.3) is 0 Å². The van der Waals surface area contributed by atoms with Gasteiger partial charge in [-0.1, -0.05) is 27.7 Å². The minimum Gasteiger partial charge on any atom is -0.458 e. The molecule has 13 heteroatoms. The largest absolute Gasteiger partial charge is 0.458 e. The Bertz CT molecular complexity index is 1280. The molecule has 276 valence electrons. The van der Waals surface area contributed by atoms with Crippen LogP contribution in [0, 0.1) is 36.0 Å². The van der Waals surface area contributed by atoms with Gasteiger partial charge in [0.1, 0.15) is 17.8 Å². The highest BCUT2D eigenvalue weighted by atomic mass is 16.7. The Labute approximate surface area is 290 Å². The predicted octanol–water partition coefficient (Wildman–Crippen LogP) is 3.44. The summed E-state index contributed by atoms with van der Waals surface area (Å²) in [5.41, 5.74) is -2.66. The van der Waals surface area contributed by atoms with E-state index in [1.807, 2.05) is 18.9 Å². The summed E-state index contributed by atoms with van der Waals surface area (Å²) in [4.78, 5) is 68.9. The predicted molar refractivity (Wildman–Crippen MR) is 178 cm³/mol. The van der Waals surface area contributed by atoms with E-state index in [4.69, 9.17) is 34.8 Å². The Morgan fingerprint density at radius 3 is 2.31 bits per heavy atom. The molecule has 13 nitrogen and oxygen atoms in total. The number of nitrogens with one attached hydrogen (secondary N) is 1. The molecule has 3 fully saturated rings. The molecule has 0 aromatic carbocycles. The highest BCUT2D eigenvalue weighted by molar-refractivity contribution is 6.00. The molecule has 3 aliphatic heterocycles. The molecule has 0 spiro atoms. The molecule has 0 saturated carbocycles. The molecule has 3 aliphatic rings. The van der Waals surface area contributed by atoms with Gasteiger partial charge in [-0.15, -0.1) is 12.3 Å². The van der Waals surface area contributed by atoms with Gasteiger partial charge in [-0.2, -0.15) is 0 Å². The van der Waals surface area contributed by atoms with E-state index in [9.17, 15) is 24.0 Å². The molecule has 0 radical (unpaired) electrons. The van der Waals surface area contributed by atoms with E-state index in [1.54, 1.807) is 41.5 Å². The lowest BCUT2D eigenvalue weighted by Crippen LogP contribution is -2.61. The third kappa shape index (κ3) is 8.64. The zero-order chi connectivity index (χ0) is 37.0. The number of Topliss-reactive ketones (excluding diaryl/α,β-unsaturated/α-hetero) is 2. The van der Waals surface area contributed by atoms with Crippen molar-refractivity contribution in [2.45, 2.75) is 142 Å². The minimum absolute atomic E-state index is 0.106. The molecule has 3 rings (SSSR count). The summed E-state index contributed by atoms with van der Waals surface area (Å²) in [5, 5.41) is 2.76. The van der Waals surface area contributed by atoms with Gasteiger partial charge in [0.15, 0.2) is 23.8 Å². The molecule has 0 unspecified atom stereocenters. The summed E-state index contributed by atoms with van der Waals surface area (Å²) >= 11 is 0. The second-order valence-electron chi connectivity index (χ2n) is 14.4. The van der Waals surface area contributed by atoms with Crippen molar-refractivity contribution >= 4 is 29.6 Å². The van der Waals surface area contributed by atoms with Crippen molar-refractivity contribution in [2.75, 3.05) is 20.7 Å². The standard InChI is InChI=1S/C36H56N2O11/c1-13-15-16-38(11)25-17-20(4)45-33(29(25)46-24(8)39)48-31-22(6)28(41)23(7)32(42)47-26(14-2)36(10)30(37-34(43)49-36)21(5)27(40)19(3)18-35(31,9)44-12/h1,19-23,25-26,29-31,33H,14-18H2,2-12H3,(H,37,43)/t19-,20-,21+,22+,23-,25+,26-,29-,30-,31-,33+,35-,36-/m1/s1. The van der Waals surface area contributed by atoms with Crippen molar-refractivity contribution in [1.29, 1.82) is 0 Å². The molecule has 1 N–H and O–H groups in total. The third-order valence-electron chi connectivity index (χ3n) is 10.7. The highest BCUT2D eigenvalue weighted by Gasteiger charge is 2.57. The number of nitrogens with zero attached hydrogens (tertiary/aromatic N) is 1. The monoisotopic (exact) mass is 692 g/mol. The minimum atomic E-state index is -1.37. The Morgan fingerprint density at radius 1 is 1.08 bits per heavy atom. The first-order chi connectivity index (χ1) is 22.8. The van der Waals surface area contributed by atoms with E-state index in [2.05, 4.69) is 11.2 Å². The Morgan fingerprint density at radius 2 is 1.73 bits per heavy atom. The summed E-state index contributed by atoms with van der Waals surface area (Å²) in [6.45, 7) is 15.4. The molecule has 13 atom stereocenters. The van der Waals surface area contributed by atoms with Crippen molar-refractivity contribution in [3.8, 4) is 12.3 Å². The van der Waals surface area contributed by atoms with Gasteiger partial charge in [0.2, 0.25) is 0 Å². The van der Waals surface area contributed by atoms with E-state index >= 15 is 0 Å². The Kier molecular flexibility index (Phi) is 13.4. The molecular formula is C36H56N2O11. The molecule has 0 bridgehead atoms. The van der Waals surface area contributed by atoms with Gasteiger partial charge in [-0.3, -0.25) is 24.1 Å². The molecule has 0 aliphatic carbocycles. The van der Waals surface area contributed by atoms with Gasteiger partial charge in [-0.05, 0) is 54.0 Å². The summed E-state index contributed by atoms with van der Waals surface area (Å²) in [6, 6.07) is -1.14. The van der Waals surface area contributed by atoms with Crippen LogP contribution in [0.2, 0.25) is 0 Å². The fraction of sp³-hybridized carbons (Fsp3) is 0.806. The van der Waals surface area contributed by atoms with Crippen molar-refractivity contribution < 1.29 is 52.4 Å². The lowest BCUT2D eigenvalue weighted by atomic mass is 9.73. The van der Waals surface area contributed by atoms with Gasteiger partial charge in [0.25, 0.3) is 0 Å². The number of carbonyl (C=O) groups excluding carboxylic acids is 5. The third-order valence-corrected chi connectivity index (χ3v) is 10.7. The van der Waals surface area contributed by atoms with E-state index < -0.39 is 89.3 Å². The average Bonchev–Trinajstić information content (AvgIpc) is 3.37. The van der Waals surface area contributed by atoms with Gasteiger partial charge < -0.3 is 33.7 Å². The van der Waals surface area contributed by atoms with Crippen LogP contribution in [-0.2, 0) is 47.6 Å². The first kappa shape index (κ1) is 40.4. The van der Waals surface area contributed by atoms with Crippen molar-refractivity contribution in [1.82, 2.24) is 10.2 Å². The summed E-state index contributed by atoms with van der Waals surface area (Å²) in [7, 11) is 3.35. The highest BCUT2D eigenvalue weighted by Crippen LogP contribution is 2.40. The van der Waals surface area contributed by atoms with Crippen LogP contribution in [0.3, 0.4) is 0 Å². The van der Waals surface area contributed by atoms with E-state index in [1.165, 1.54) is 21.0 Å². The van der Waals surface area contributed by atoms with Gasteiger partial charge >= 0.3 is 18.0 Å². The molecule has 3 saturated heterocycles. The second kappa shape index (κ2) is 16.3. The lowest BCUT2D eigenvalue weighted by Gasteiger charge is -2.48. The summed E-state index contributed by atoms with van der Waals surface area (Å²) in [6.07, 6.45) is 1.79. The number of carbonyl (C=O) groups is 5. The van der Waals surface area contributed by atoms with Crippen LogP contribution in [0.5, 0.6) is 0 Å². The number of ether oxygens (including phenoxy) is 6. The molecule has 0 aromatic rings. The molecule has 49 heavy (non-hydrogen) atoms. The maximum atomic E-state index is 14.2. The van der Waals surface area contributed by atoms with Crippen LogP contribution < -0.4 is 5.32 Å². The number of fused-ring (bicyclic) bond motifs is 1. The van der Waals surface area contributed by atoms with Crippen LogP contribution in [-0.4, -0.2) is 109 Å². The van der Waals surface area contributed by atoms with E-state index in [0.29, 0.717) is 19.4 Å². The molecule has 0 aromatic heterocycles. The quantitative estimate of drug-likeness (QED) is 0.171. The number of likely N-dealkylation sites (N-methyl/N-ethyl adjacent to an activating group) is 1. The Balaban J connectivity index is 2.12. The molecule has 1 amide bonds. The topological polar surface area (TPSA) is 156 Å². The average molecular weight is 693 g/mol. The zero-order valence-corrected chi connectivity index (χ0v) is 30.9. The van der Waals surface area contributed by atoms with Crippen molar-refractivity contribution in [3.05, 3.63) is 0 Å². The summed E-state index contributed by atoms with van der Waals surface area (Å²) in [5.74, 6) is -2.99. The zero-order valence-electron chi connectivity index (χ0n) is 30.9. The second-order valence-corrected chi connectivity index (χ2v) is 14.4. The Hall–Kier alpha value is -3.05. The number of cyclic esters (lactones) is 1. The number of alkyl carbamates (subject to hydrolysis) is 1. The van der Waals surface area contributed by atoms with Crippen LogP contribution in [0.4, 0.5) is 4.79 Å². The van der Waals surface area contributed by atoms with Gasteiger partial charge in [0, 0.05) is 44.8 Å². The number of terminal acetylenes is 1. The number of amides is 1. The van der Waals surface area contributed by atoms with E-state index in [0.717, 1.165) is 0 Å². The number of esters is 2. The van der Waals surface area contributed by atoms with Crippen molar-refractivity contribution in [2.24, 2.45) is 23.7 Å². The number of hydrogen-bond donors (Lipinski definition) is 1. The van der Waals surface area contributed by atoms with Crippen molar-refractivity contribution in [3.63, 3.8) is 0 Å². The number of rotatable bonds is 8. The normalized spacial score (nSPS) is 40.8. The smallest absolute Gasteiger partial charge is 0.408 e. The van der Waals surface area contributed by atoms with Crippen LogP contribution in [0.1, 0.15) is 88.0 Å². The number of methoxy groups -OCH3 is 1. The SMILES string of the molecule is C#CCCN(C)[C@H]1C[C@@H](C)O[C@@H](O[C@@H]2[C@@H](C)C(=O)[C@@H](C)C(=O)O[C@H](CC)[C@@]3(C)OC(=O)N[C@@H]3[C@@H](C)C(=O)[C@H](C)C[C@@]2(C)OC)[C@@H]1OC(C)=O. The fourth-order valence-corrected chi connectivity index (χ4v) is 7.82. The van der Waals surface area contributed by atoms with E-state index in [-0.39, 0.29) is 30.8 Å². The summed E-state index contributed by atoms with van der Waals surface area (Å²) < 4.78 is 36.6. The first-order valence-corrected chi connectivity index (χ1v) is 17.3. The fourth-order valence-electron chi connectivity index (χ4n) is 7.82. The lowest BCUT2D eigenvalue weighted by molar-refractivity contribution is -0.298. The van der Waals surface area contributed by atoms with Gasteiger partial charge in [-0.25, -0.2) is 4.79 Å². The van der Waals surface area contributed by atoms with Crippen LogP contribution in [0.15, 0.2) is 0 Å². The number of hydrogen-bond acceptors (Lipinski definition) is 12. The first-order valence-electron chi connectivity index (χ1n) is 17.3. The van der Waals surface area contributed by atoms with Gasteiger partial charge in [0.05, 0.1) is 29.9 Å². The number of ketones is 2. The molecule has 3 heterocycles. The van der Waals surface area contributed by atoms with Crippen LogP contribution >= 0.6 is 0 Å². The maximum absolute atomic E-state index is 14.2. The molecular weight excluding hydrogens is 636 g/mol. The maximum Gasteiger partial charge on any atom is 0.408 e.